The highest BCUT2D eigenvalue weighted by Crippen LogP contribution is 2.34. The van der Waals surface area contributed by atoms with E-state index in [9.17, 15) is 9.90 Å². The van der Waals surface area contributed by atoms with Gasteiger partial charge in [0, 0.05) is 5.69 Å². The van der Waals surface area contributed by atoms with Crippen LogP contribution in [0.2, 0.25) is 10.0 Å². The molecule has 0 radical (unpaired) electrons. The van der Waals surface area contributed by atoms with Crippen LogP contribution in [0.5, 0.6) is 11.5 Å². The van der Waals surface area contributed by atoms with E-state index < -0.39 is 0 Å². The van der Waals surface area contributed by atoms with Crippen molar-refractivity contribution in [3.8, 4) is 11.5 Å². The van der Waals surface area contributed by atoms with Crippen LogP contribution in [0.25, 0.3) is 0 Å². The summed E-state index contributed by atoms with van der Waals surface area (Å²) < 4.78 is 5.43. The average molecular weight is 326 g/mol. The third-order valence-electron chi connectivity index (χ3n) is 2.75. The van der Waals surface area contributed by atoms with Crippen LogP contribution in [-0.2, 0) is 4.79 Å². The molecule has 2 N–H and O–H groups in total. The Morgan fingerprint density at radius 3 is 2.48 bits per heavy atom. The molecule has 0 atom stereocenters. The van der Waals surface area contributed by atoms with Gasteiger partial charge in [-0.25, -0.2) is 0 Å². The largest absolute Gasteiger partial charge is 0.505 e. The maximum atomic E-state index is 11.8. The Labute approximate surface area is 132 Å². The maximum Gasteiger partial charge on any atom is 0.262 e. The number of phenols is 1. The quantitative estimate of drug-likeness (QED) is 0.834. The molecule has 0 aliphatic heterocycles. The van der Waals surface area contributed by atoms with E-state index in [-0.39, 0.29) is 28.3 Å². The van der Waals surface area contributed by atoms with Crippen LogP contribution in [0.4, 0.5) is 5.69 Å². The second kappa shape index (κ2) is 6.70. The Morgan fingerprint density at radius 1 is 1.24 bits per heavy atom. The number of ether oxygens (including phenoxy) is 1. The maximum absolute atomic E-state index is 11.8. The number of amides is 1. The van der Waals surface area contributed by atoms with Gasteiger partial charge in [-0.1, -0.05) is 41.4 Å². The van der Waals surface area contributed by atoms with Crippen molar-refractivity contribution in [2.75, 3.05) is 11.9 Å². The summed E-state index contributed by atoms with van der Waals surface area (Å²) in [5, 5.41) is 12.2. The summed E-state index contributed by atoms with van der Waals surface area (Å²) in [6.07, 6.45) is 0. The van der Waals surface area contributed by atoms with E-state index in [1.165, 1.54) is 12.1 Å². The SMILES string of the molecule is Cc1ccccc1OCC(=O)Nc1cc(Cl)c(O)c(Cl)c1. The van der Waals surface area contributed by atoms with Crippen LogP contribution in [-0.4, -0.2) is 17.6 Å². The standard InChI is InChI=1S/C15H13Cl2NO3/c1-9-4-2-3-5-13(9)21-8-14(19)18-10-6-11(16)15(20)12(17)7-10/h2-7,20H,8H2,1H3,(H,18,19). The van der Waals surface area contributed by atoms with Crippen molar-refractivity contribution in [2.45, 2.75) is 6.92 Å². The van der Waals surface area contributed by atoms with Crippen molar-refractivity contribution in [1.82, 2.24) is 0 Å². The number of phenolic OH excluding ortho intramolecular Hbond substituents is 1. The summed E-state index contributed by atoms with van der Waals surface area (Å²) >= 11 is 11.6. The van der Waals surface area contributed by atoms with Gasteiger partial charge in [-0.2, -0.15) is 0 Å². The lowest BCUT2D eigenvalue weighted by atomic mass is 10.2. The van der Waals surface area contributed by atoms with Gasteiger partial charge in [-0.05, 0) is 30.7 Å². The zero-order valence-electron chi connectivity index (χ0n) is 11.2. The van der Waals surface area contributed by atoms with Crippen molar-refractivity contribution < 1.29 is 14.6 Å². The predicted molar refractivity (Wildman–Crippen MR) is 83.4 cm³/mol. The fraction of sp³-hybridized carbons (Fsp3) is 0.133. The molecule has 0 heterocycles. The highest BCUT2D eigenvalue weighted by atomic mass is 35.5. The number of nitrogens with one attached hydrogen (secondary N) is 1. The van der Waals surface area contributed by atoms with Gasteiger partial charge < -0.3 is 15.2 Å². The number of hydrogen-bond acceptors (Lipinski definition) is 3. The van der Waals surface area contributed by atoms with Crippen LogP contribution >= 0.6 is 23.2 Å². The van der Waals surface area contributed by atoms with Crippen molar-refractivity contribution in [3.05, 3.63) is 52.0 Å². The molecule has 4 nitrogen and oxygen atoms in total. The molecule has 0 spiro atoms. The molecule has 1 amide bonds. The zero-order valence-corrected chi connectivity index (χ0v) is 12.7. The third kappa shape index (κ3) is 4.03. The molecule has 2 aromatic rings. The van der Waals surface area contributed by atoms with Gasteiger partial charge in [0.25, 0.3) is 5.91 Å². The number of aromatic hydroxyl groups is 1. The van der Waals surface area contributed by atoms with Gasteiger partial charge >= 0.3 is 0 Å². The van der Waals surface area contributed by atoms with Crippen LogP contribution in [0.3, 0.4) is 0 Å². The van der Waals surface area contributed by atoms with E-state index in [4.69, 9.17) is 27.9 Å². The first-order chi connectivity index (χ1) is 9.97. The van der Waals surface area contributed by atoms with Crippen molar-refractivity contribution in [2.24, 2.45) is 0 Å². The Bertz CT molecular complexity index is 651. The molecule has 2 rings (SSSR count). The molecule has 0 saturated heterocycles. The molecule has 0 aromatic heterocycles. The van der Waals surface area contributed by atoms with E-state index in [0.29, 0.717) is 11.4 Å². The minimum Gasteiger partial charge on any atom is -0.505 e. The van der Waals surface area contributed by atoms with Gasteiger partial charge in [0.2, 0.25) is 0 Å². The molecule has 110 valence electrons. The monoisotopic (exact) mass is 325 g/mol. The molecular weight excluding hydrogens is 313 g/mol. The fourth-order valence-electron chi connectivity index (χ4n) is 1.70. The first-order valence-corrected chi connectivity index (χ1v) is 6.89. The van der Waals surface area contributed by atoms with Gasteiger partial charge in [-0.15, -0.1) is 0 Å². The Kier molecular flexibility index (Phi) is 4.94. The molecule has 2 aromatic carbocycles. The molecule has 0 unspecified atom stereocenters. The summed E-state index contributed by atoms with van der Waals surface area (Å²) in [7, 11) is 0. The predicted octanol–water partition coefficient (Wildman–Crippen LogP) is 4.02. The van der Waals surface area contributed by atoms with Crippen LogP contribution in [0.1, 0.15) is 5.56 Å². The van der Waals surface area contributed by atoms with E-state index in [1.807, 2.05) is 25.1 Å². The van der Waals surface area contributed by atoms with Gasteiger partial charge in [0.1, 0.15) is 5.75 Å². The summed E-state index contributed by atoms with van der Waals surface area (Å²) in [6.45, 7) is 1.76. The smallest absolute Gasteiger partial charge is 0.262 e. The Balaban J connectivity index is 1.98. The van der Waals surface area contributed by atoms with E-state index in [1.54, 1.807) is 6.07 Å². The van der Waals surface area contributed by atoms with E-state index >= 15 is 0 Å². The lowest BCUT2D eigenvalue weighted by Gasteiger charge is -2.10. The molecule has 6 heteroatoms. The Morgan fingerprint density at radius 2 is 1.86 bits per heavy atom. The third-order valence-corrected chi connectivity index (χ3v) is 3.33. The van der Waals surface area contributed by atoms with Gasteiger partial charge in [-0.3, -0.25) is 4.79 Å². The number of halogens is 2. The first kappa shape index (κ1) is 15.5. The minimum absolute atomic E-state index is 0.0672. The number of aryl methyl sites for hydroxylation is 1. The molecule has 21 heavy (non-hydrogen) atoms. The summed E-state index contributed by atoms with van der Waals surface area (Å²) in [4.78, 5) is 11.8. The van der Waals surface area contributed by atoms with Crippen LogP contribution < -0.4 is 10.1 Å². The zero-order chi connectivity index (χ0) is 15.4. The summed E-state index contributed by atoms with van der Waals surface area (Å²) in [5.41, 5.74) is 1.34. The number of rotatable bonds is 4. The van der Waals surface area contributed by atoms with Gasteiger partial charge in [0.15, 0.2) is 12.4 Å². The Hall–Kier alpha value is -1.91. The van der Waals surface area contributed by atoms with Crippen LogP contribution in [0.15, 0.2) is 36.4 Å². The van der Waals surface area contributed by atoms with Crippen molar-refractivity contribution in [3.63, 3.8) is 0 Å². The number of hydrogen-bond donors (Lipinski definition) is 2. The molecule has 0 bridgehead atoms. The molecule has 0 fully saturated rings. The molecule has 0 aliphatic rings. The van der Waals surface area contributed by atoms with E-state index in [0.717, 1.165) is 5.56 Å². The van der Waals surface area contributed by atoms with Gasteiger partial charge in [0.05, 0.1) is 10.0 Å². The second-order valence-corrected chi connectivity index (χ2v) is 5.21. The molecular formula is C15H13Cl2NO3. The number of carbonyl (C=O) groups excluding carboxylic acids is 1. The first-order valence-electron chi connectivity index (χ1n) is 6.13. The summed E-state index contributed by atoms with van der Waals surface area (Å²) in [5.74, 6) is 0.0815. The van der Waals surface area contributed by atoms with Crippen LogP contribution in [0, 0.1) is 6.92 Å². The highest BCUT2D eigenvalue weighted by Gasteiger charge is 2.10. The minimum atomic E-state index is -0.351. The fourth-order valence-corrected chi connectivity index (χ4v) is 2.18. The normalized spacial score (nSPS) is 10.2. The second-order valence-electron chi connectivity index (χ2n) is 4.39. The molecule has 0 saturated carbocycles. The summed E-state index contributed by atoms with van der Waals surface area (Å²) in [6, 6.07) is 10.2. The highest BCUT2D eigenvalue weighted by molar-refractivity contribution is 6.37. The lowest BCUT2D eigenvalue weighted by Crippen LogP contribution is -2.20. The lowest BCUT2D eigenvalue weighted by molar-refractivity contribution is -0.118. The molecule has 0 aliphatic carbocycles. The number of anilines is 1. The number of benzene rings is 2. The van der Waals surface area contributed by atoms with Crippen molar-refractivity contribution >= 4 is 34.8 Å². The average Bonchev–Trinajstić information content (AvgIpc) is 2.44. The number of carbonyl (C=O) groups is 1. The topological polar surface area (TPSA) is 58.6 Å². The number of para-hydroxylation sites is 1. The van der Waals surface area contributed by atoms with E-state index in [2.05, 4.69) is 5.32 Å². The van der Waals surface area contributed by atoms with Crippen molar-refractivity contribution in [1.29, 1.82) is 0 Å².